The fourth-order valence-corrected chi connectivity index (χ4v) is 2.32. The monoisotopic (exact) mass is 226 g/mol. The minimum Gasteiger partial charge on any atom is -0.292 e. The Labute approximate surface area is 98.1 Å². The van der Waals surface area contributed by atoms with E-state index in [1.807, 2.05) is 19.1 Å². The van der Waals surface area contributed by atoms with Crippen molar-refractivity contribution < 1.29 is 9.59 Å². The van der Waals surface area contributed by atoms with E-state index in [1.165, 1.54) is 12.4 Å². The van der Waals surface area contributed by atoms with Gasteiger partial charge in [-0.05, 0) is 6.92 Å². The van der Waals surface area contributed by atoms with E-state index in [-0.39, 0.29) is 23.0 Å². The highest BCUT2D eigenvalue weighted by atomic mass is 16.1. The topological polar surface area (TPSA) is 59.9 Å². The Morgan fingerprint density at radius 1 is 1.00 bits per heavy atom. The molecular weight excluding hydrogens is 216 g/mol. The number of hydrogen-bond acceptors (Lipinski definition) is 4. The molecular formula is C13H10N2O2. The summed E-state index contributed by atoms with van der Waals surface area (Å²) in [4.78, 5) is 32.3. The number of fused-ring (bicyclic) bond motifs is 2. The number of allylic oxidation sites excluding steroid dienone is 4. The van der Waals surface area contributed by atoms with Gasteiger partial charge >= 0.3 is 0 Å². The van der Waals surface area contributed by atoms with Crippen molar-refractivity contribution in [2.45, 2.75) is 6.92 Å². The molecule has 2 aliphatic carbocycles. The zero-order valence-corrected chi connectivity index (χ0v) is 9.25. The second-order valence-electron chi connectivity index (χ2n) is 4.30. The first kappa shape index (κ1) is 10.1. The smallest absolute Gasteiger partial charge is 0.191 e. The van der Waals surface area contributed by atoms with Gasteiger partial charge in [0.2, 0.25) is 0 Å². The number of carbonyl (C=O) groups is 2. The van der Waals surface area contributed by atoms with Gasteiger partial charge in [-0.25, -0.2) is 9.97 Å². The van der Waals surface area contributed by atoms with Crippen LogP contribution < -0.4 is 0 Å². The van der Waals surface area contributed by atoms with Gasteiger partial charge in [0.15, 0.2) is 11.6 Å². The molecule has 2 aliphatic rings. The second kappa shape index (κ2) is 3.45. The molecule has 84 valence electrons. The van der Waals surface area contributed by atoms with Gasteiger partial charge in [0.25, 0.3) is 0 Å². The molecule has 0 aliphatic heterocycles. The van der Waals surface area contributed by atoms with Gasteiger partial charge in [0.1, 0.15) is 11.4 Å². The maximum absolute atomic E-state index is 12.2. The summed E-state index contributed by atoms with van der Waals surface area (Å²) in [5.41, 5.74) is 1.41. The summed E-state index contributed by atoms with van der Waals surface area (Å²) in [5, 5.41) is 0. The largest absolute Gasteiger partial charge is 0.292 e. The Bertz CT molecular complexity index is 587. The average Bonchev–Trinajstić information content (AvgIpc) is 2.36. The van der Waals surface area contributed by atoms with E-state index in [4.69, 9.17) is 0 Å². The van der Waals surface area contributed by atoms with Crippen LogP contribution in [0.5, 0.6) is 0 Å². The van der Waals surface area contributed by atoms with Crippen molar-refractivity contribution in [1.29, 1.82) is 0 Å². The zero-order valence-electron chi connectivity index (χ0n) is 9.25. The fourth-order valence-electron chi connectivity index (χ4n) is 2.32. The molecule has 3 rings (SSSR count). The van der Waals surface area contributed by atoms with Crippen LogP contribution in [0.15, 0.2) is 36.2 Å². The molecule has 2 unspecified atom stereocenters. The molecule has 0 saturated carbocycles. The van der Waals surface area contributed by atoms with Gasteiger partial charge in [-0.15, -0.1) is 0 Å². The lowest BCUT2D eigenvalue weighted by molar-refractivity contribution is 0.0791. The number of Topliss-reactive ketones (excluding diaryl/α,β-unsaturated/α-hetero) is 2. The van der Waals surface area contributed by atoms with E-state index in [9.17, 15) is 9.59 Å². The van der Waals surface area contributed by atoms with Gasteiger partial charge < -0.3 is 0 Å². The third-order valence-corrected chi connectivity index (χ3v) is 3.17. The molecule has 1 aromatic heterocycles. The standard InChI is InChI=1S/C13H10N2O2/c1-7-2-3-8-9(6-7)13(17)11-10(12(8)16)14-4-5-15-11/h2-6,8-9H,1H3. The van der Waals surface area contributed by atoms with Gasteiger partial charge in [-0.2, -0.15) is 0 Å². The van der Waals surface area contributed by atoms with Crippen molar-refractivity contribution in [3.05, 3.63) is 47.6 Å². The predicted molar refractivity (Wildman–Crippen MR) is 60.6 cm³/mol. The minimum absolute atomic E-state index is 0.110. The van der Waals surface area contributed by atoms with Gasteiger partial charge in [-0.3, -0.25) is 9.59 Å². The van der Waals surface area contributed by atoms with Crippen LogP contribution in [0.3, 0.4) is 0 Å². The second-order valence-corrected chi connectivity index (χ2v) is 4.30. The SMILES string of the molecule is CC1=CC2C(=O)c3nccnc3C(=O)C2C=C1. The highest BCUT2D eigenvalue weighted by Crippen LogP contribution is 2.33. The Morgan fingerprint density at radius 2 is 1.59 bits per heavy atom. The third kappa shape index (κ3) is 1.37. The summed E-state index contributed by atoms with van der Waals surface area (Å²) >= 11 is 0. The van der Waals surface area contributed by atoms with Gasteiger partial charge in [0, 0.05) is 12.4 Å². The van der Waals surface area contributed by atoms with Crippen molar-refractivity contribution >= 4 is 11.6 Å². The molecule has 0 saturated heterocycles. The molecule has 0 N–H and O–H groups in total. The lowest BCUT2D eigenvalue weighted by atomic mass is 9.74. The molecule has 1 aromatic rings. The first-order valence-electron chi connectivity index (χ1n) is 5.44. The van der Waals surface area contributed by atoms with Crippen LogP contribution in [-0.4, -0.2) is 21.5 Å². The molecule has 2 atom stereocenters. The summed E-state index contributed by atoms with van der Waals surface area (Å²) < 4.78 is 0. The van der Waals surface area contributed by atoms with E-state index < -0.39 is 11.8 Å². The molecule has 0 spiro atoms. The molecule has 4 nitrogen and oxygen atoms in total. The number of ketones is 2. The number of hydrogen-bond donors (Lipinski definition) is 0. The van der Waals surface area contributed by atoms with Crippen LogP contribution in [0.1, 0.15) is 27.9 Å². The first-order valence-corrected chi connectivity index (χ1v) is 5.44. The van der Waals surface area contributed by atoms with Crippen LogP contribution in [0.25, 0.3) is 0 Å². The van der Waals surface area contributed by atoms with E-state index in [0.29, 0.717) is 0 Å². The normalized spacial score (nSPS) is 26.3. The molecule has 0 bridgehead atoms. The first-order chi connectivity index (χ1) is 8.18. The van der Waals surface area contributed by atoms with Crippen LogP contribution in [-0.2, 0) is 0 Å². The van der Waals surface area contributed by atoms with Crippen molar-refractivity contribution in [2.75, 3.05) is 0 Å². The number of nitrogens with zero attached hydrogens (tertiary/aromatic N) is 2. The Hall–Kier alpha value is -2.10. The number of aromatic nitrogens is 2. The molecule has 4 heteroatoms. The molecule has 0 fully saturated rings. The van der Waals surface area contributed by atoms with Crippen LogP contribution in [0, 0.1) is 11.8 Å². The summed E-state index contributed by atoms with van der Waals surface area (Å²) in [6.45, 7) is 1.91. The Balaban J connectivity index is 2.19. The third-order valence-electron chi connectivity index (χ3n) is 3.17. The van der Waals surface area contributed by atoms with Crippen LogP contribution in [0.4, 0.5) is 0 Å². The van der Waals surface area contributed by atoms with E-state index in [0.717, 1.165) is 5.57 Å². The molecule has 1 heterocycles. The Kier molecular flexibility index (Phi) is 2.04. The summed E-state index contributed by atoms with van der Waals surface area (Å²) in [7, 11) is 0. The van der Waals surface area contributed by atoms with E-state index in [1.54, 1.807) is 6.08 Å². The van der Waals surface area contributed by atoms with Gasteiger partial charge in [0.05, 0.1) is 11.8 Å². The maximum Gasteiger partial charge on any atom is 0.191 e. The fraction of sp³-hybridized carbons (Fsp3) is 0.231. The highest BCUT2D eigenvalue weighted by Gasteiger charge is 2.41. The summed E-state index contributed by atoms with van der Waals surface area (Å²) in [6.07, 6.45) is 8.38. The van der Waals surface area contributed by atoms with E-state index in [2.05, 4.69) is 9.97 Å². The highest BCUT2D eigenvalue weighted by molar-refractivity contribution is 6.15. The van der Waals surface area contributed by atoms with Crippen LogP contribution >= 0.6 is 0 Å². The molecule has 0 radical (unpaired) electrons. The van der Waals surface area contributed by atoms with Crippen molar-refractivity contribution in [3.63, 3.8) is 0 Å². The number of rotatable bonds is 0. The van der Waals surface area contributed by atoms with Gasteiger partial charge in [-0.1, -0.05) is 23.8 Å². The minimum atomic E-state index is -0.407. The number of carbonyl (C=O) groups excluding carboxylic acids is 2. The van der Waals surface area contributed by atoms with Crippen molar-refractivity contribution in [2.24, 2.45) is 11.8 Å². The predicted octanol–water partition coefficient (Wildman–Crippen LogP) is 1.60. The maximum atomic E-state index is 12.2. The van der Waals surface area contributed by atoms with Crippen molar-refractivity contribution in [1.82, 2.24) is 9.97 Å². The van der Waals surface area contributed by atoms with E-state index >= 15 is 0 Å². The molecule has 17 heavy (non-hydrogen) atoms. The summed E-state index contributed by atoms with van der Waals surface area (Å²) in [5.74, 6) is -1.04. The molecule has 0 amide bonds. The lowest BCUT2D eigenvalue weighted by Crippen LogP contribution is -2.37. The zero-order chi connectivity index (χ0) is 12.0. The summed E-state index contributed by atoms with van der Waals surface area (Å²) in [6, 6.07) is 0. The van der Waals surface area contributed by atoms with Crippen LogP contribution in [0.2, 0.25) is 0 Å². The lowest BCUT2D eigenvalue weighted by Gasteiger charge is -2.27. The van der Waals surface area contributed by atoms with Crippen molar-refractivity contribution in [3.8, 4) is 0 Å². The molecule has 0 aromatic carbocycles. The Morgan fingerprint density at radius 3 is 2.24 bits per heavy atom. The quantitative estimate of drug-likeness (QED) is 0.674. The average molecular weight is 226 g/mol.